The maximum atomic E-state index is 11.6. The third-order valence-corrected chi connectivity index (χ3v) is 3.04. The highest BCUT2D eigenvalue weighted by atomic mass is 16.6. The highest BCUT2D eigenvalue weighted by Gasteiger charge is 2.26. The van der Waals surface area contributed by atoms with Gasteiger partial charge in [0.25, 0.3) is 5.91 Å². The van der Waals surface area contributed by atoms with Gasteiger partial charge in [-0.15, -0.1) is 0 Å². The molecule has 0 bridgehead atoms. The number of fused-ring (bicyclic) bond motifs is 1. The Morgan fingerprint density at radius 2 is 1.81 bits per heavy atom. The largest absolute Gasteiger partial charge is 0.497 e. The first-order valence-electron chi connectivity index (χ1n) is 6.32. The summed E-state index contributed by atoms with van der Waals surface area (Å²) in [6.45, 7) is 0. The molecule has 5 nitrogen and oxygen atoms in total. The fraction of sp³-hybridized carbons (Fsp3) is 0.0625. The minimum Gasteiger partial charge on any atom is -0.497 e. The molecule has 0 aromatic heterocycles. The number of amides is 1. The minimum atomic E-state index is -0.692. The lowest BCUT2D eigenvalue weighted by Gasteiger charge is -2.22. The van der Waals surface area contributed by atoms with E-state index in [2.05, 4.69) is 0 Å². The van der Waals surface area contributed by atoms with Gasteiger partial charge in [-0.2, -0.15) is 0 Å². The molecule has 5 heteroatoms. The van der Waals surface area contributed by atoms with Crippen LogP contribution in [0.1, 0.15) is 5.56 Å². The summed E-state index contributed by atoms with van der Waals surface area (Å²) < 4.78 is 16.5. The number of nitrogens with two attached hydrogens (primary N) is 1. The third-order valence-electron chi connectivity index (χ3n) is 3.04. The van der Waals surface area contributed by atoms with Crippen molar-refractivity contribution >= 4 is 11.7 Å². The summed E-state index contributed by atoms with van der Waals surface area (Å²) in [7, 11) is 1.55. The van der Waals surface area contributed by atoms with Crippen LogP contribution in [0.25, 0.3) is 5.76 Å². The number of primary amides is 1. The third kappa shape index (κ3) is 2.41. The fourth-order valence-electron chi connectivity index (χ4n) is 2.03. The first-order valence-corrected chi connectivity index (χ1v) is 6.32. The van der Waals surface area contributed by atoms with Crippen molar-refractivity contribution in [1.82, 2.24) is 0 Å². The molecule has 2 N–H and O–H groups in total. The van der Waals surface area contributed by atoms with Gasteiger partial charge in [0.15, 0.2) is 17.3 Å². The second-order valence-electron chi connectivity index (χ2n) is 4.41. The summed E-state index contributed by atoms with van der Waals surface area (Å²) >= 11 is 0. The van der Waals surface area contributed by atoms with Crippen molar-refractivity contribution in [1.29, 1.82) is 0 Å². The van der Waals surface area contributed by atoms with Crippen molar-refractivity contribution in [3.8, 4) is 17.2 Å². The molecule has 2 aromatic rings. The molecule has 0 saturated carbocycles. The Morgan fingerprint density at radius 1 is 1.05 bits per heavy atom. The Kier molecular flexibility index (Phi) is 3.23. The average Bonchev–Trinajstić information content (AvgIpc) is 2.53. The molecule has 0 spiro atoms. The Hall–Kier alpha value is -2.95. The van der Waals surface area contributed by atoms with Gasteiger partial charge in [0.2, 0.25) is 5.76 Å². The van der Waals surface area contributed by atoms with Crippen molar-refractivity contribution < 1.29 is 19.0 Å². The summed E-state index contributed by atoms with van der Waals surface area (Å²) in [4.78, 5) is 11.6. The van der Waals surface area contributed by atoms with Crippen LogP contribution in [0.15, 0.2) is 54.3 Å². The van der Waals surface area contributed by atoms with Crippen molar-refractivity contribution in [2.75, 3.05) is 7.11 Å². The van der Waals surface area contributed by atoms with Gasteiger partial charge < -0.3 is 19.9 Å². The summed E-state index contributed by atoms with van der Waals surface area (Å²) in [5, 5.41) is 0. The van der Waals surface area contributed by atoms with Crippen LogP contribution in [0.5, 0.6) is 17.2 Å². The van der Waals surface area contributed by atoms with Gasteiger partial charge in [0.05, 0.1) is 7.11 Å². The lowest BCUT2D eigenvalue weighted by molar-refractivity contribution is -0.116. The van der Waals surface area contributed by atoms with Gasteiger partial charge in [0, 0.05) is 11.6 Å². The van der Waals surface area contributed by atoms with Crippen LogP contribution < -0.4 is 19.9 Å². The highest BCUT2D eigenvalue weighted by molar-refractivity contribution is 5.98. The fourth-order valence-corrected chi connectivity index (χ4v) is 2.03. The average molecular weight is 283 g/mol. The van der Waals surface area contributed by atoms with Gasteiger partial charge in [0.1, 0.15) is 5.75 Å². The molecule has 1 aliphatic heterocycles. The second kappa shape index (κ2) is 5.20. The number of ether oxygens (including phenoxy) is 3. The van der Waals surface area contributed by atoms with Crippen LogP contribution in [-0.2, 0) is 4.79 Å². The number of rotatable bonds is 3. The zero-order chi connectivity index (χ0) is 14.8. The lowest BCUT2D eigenvalue weighted by atomic mass is 10.1. The van der Waals surface area contributed by atoms with Crippen LogP contribution in [-0.4, -0.2) is 13.0 Å². The van der Waals surface area contributed by atoms with E-state index in [-0.39, 0.29) is 5.76 Å². The topological polar surface area (TPSA) is 70.8 Å². The molecule has 1 amide bonds. The standard InChI is InChI=1S/C16H13NO4/c1-19-11-7-8-12-13(9-11)21-15(16(17)18)14(20-12)10-5-3-2-4-6-10/h2-9H,1H3,(H2,17,18). The molecule has 0 atom stereocenters. The smallest absolute Gasteiger partial charge is 0.288 e. The minimum absolute atomic E-state index is 0.0260. The summed E-state index contributed by atoms with van der Waals surface area (Å²) in [6, 6.07) is 14.3. The SMILES string of the molecule is COc1ccc2c(c1)OC(C(N)=O)=C(c1ccccc1)O2. The van der Waals surface area contributed by atoms with E-state index in [0.29, 0.717) is 28.6 Å². The maximum absolute atomic E-state index is 11.6. The van der Waals surface area contributed by atoms with Gasteiger partial charge >= 0.3 is 0 Å². The van der Waals surface area contributed by atoms with Gasteiger partial charge in [-0.3, -0.25) is 4.79 Å². The lowest BCUT2D eigenvalue weighted by Crippen LogP contribution is -2.24. The molecule has 21 heavy (non-hydrogen) atoms. The van der Waals surface area contributed by atoms with Crippen molar-refractivity contribution in [2.24, 2.45) is 5.73 Å². The Labute approximate surface area is 121 Å². The van der Waals surface area contributed by atoms with E-state index in [1.54, 1.807) is 25.3 Å². The van der Waals surface area contributed by atoms with Gasteiger partial charge in [-0.25, -0.2) is 0 Å². The molecule has 0 unspecified atom stereocenters. The van der Waals surface area contributed by atoms with Gasteiger partial charge in [-0.05, 0) is 12.1 Å². The molecule has 2 aromatic carbocycles. The maximum Gasteiger partial charge on any atom is 0.288 e. The first kappa shape index (κ1) is 13.1. The quantitative estimate of drug-likeness (QED) is 0.938. The second-order valence-corrected chi connectivity index (χ2v) is 4.41. The van der Waals surface area contributed by atoms with Crippen LogP contribution >= 0.6 is 0 Å². The van der Waals surface area contributed by atoms with E-state index in [9.17, 15) is 4.79 Å². The zero-order valence-electron chi connectivity index (χ0n) is 11.3. The van der Waals surface area contributed by atoms with E-state index >= 15 is 0 Å². The molecule has 1 aliphatic rings. The zero-order valence-corrected chi connectivity index (χ0v) is 11.3. The predicted octanol–water partition coefficient (Wildman–Crippen LogP) is 2.32. The Bertz CT molecular complexity index is 722. The first-order chi connectivity index (χ1) is 10.2. The summed E-state index contributed by atoms with van der Waals surface area (Å²) in [6.07, 6.45) is 0. The van der Waals surface area contributed by atoms with Crippen molar-refractivity contribution in [3.63, 3.8) is 0 Å². The van der Waals surface area contributed by atoms with E-state index in [4.69, 9.17) is 19.9 Å². The molecular formula is C16H13NO4. The van der Waals surface area contributed by atoms with Crippen LogP contribution in [0.4, 0.5) is 0 Å². The number of benzene rings is 2. The van der Waals surface area contributed by atoms with Crippen LogP contribution in [0.2, 0.25) is 0 Å². The molecule has 106 valence electrons. The number of carbonyl (C=O) groups excluding carboxylic acids is 1. The van der Waals surface area contributed by atoms with Crippen LogP contribution in [0.3, 0.4) is 0 Å². The number of methoxy groups -OCH3 is 1. The predicted molar refractivity (Wildman–Crippen MR) is 76.8 cm³/mol. The van der Waals surface area contributed by atoms with E-state index in [0.717, 1.165) is 0 Å². The molecule has 3 rings (SSSR count). The number of hydrogen-bond donors (Lipinski definition) is 1. The van der Waals surface area contributed by atoms with E-state index in [1.165, 1.54) is 0 Å². The molecular weight excluding hydrogens is 270 g/mol. The Balaban J connectivity index is 2.08. The molecule has 0 fully saturated rings. The van der Waals surface area contributed by atoms with E-state index < -0.39 is 5.91 Å². The summed E-state index contributed by atoms with van der Waals surface area (Å²) in [5.41, 5.74) is 6.11. The highest BCUT2D eigenvalue weighted by Crippen LogP contribution is 2.40. The molecule has 1 heterocycles. The molecule has 0 aliphatic carbocycles. The molecule has 0 saturated heterocycles. The Morgan fingerprint density at radius 3 is 2.48 bits per heavy atom. The van der Waals surface area contributed by atoms with Gasteiger partial charge in [-0.1, -0.05) is 30.3 Å². The molecule has 0 radical (unpaired) electrons. The number of carbonyl (C=O) groups is 1. The van der Waals surface area contributed by atoms with Crippen LogP contribution in [0, 0.1) is 0 Å². The van der Waals surface area contributed by atoms with Crippen molar-refractivity contribution in [2.45, 2.75) is 0 Å². The summed E-state index contributed by atoms with van der Waals surface area (Å²) in [5.74, 6) is 1.08. The monoisotopic (exact) mass is 283 g/mol. The normalized spacial score (nSPS) is 13.0. The van der Waals surface area contributed by atoms with E-state index in [1.807, 2.05) is 30.3 Å². The number of hydrogen-bond acceptors (Lipinski definition) is 4. The van der Waals surface area contributed by atoms with Crippen molar-refractivity contribution in [3.05, 3.63) is 59.9 Å².